The number of benzene rings is 2. The smallest absolute Gasteiger partial charge is 0.0799 e. The summed E-state index contributed by atoms with van der Waals surface area (Å²) >= 11 is 4.69. The third kappa shape index (κ3) is 3.94. The Morgan fingerprint density at radius 2 is 1.88 bits per heavy atom. The monoisotopic (exact) mass is 362 g/mol. The molecular weight excluding hydrogens is 336 g/mol. The predicted molar refractivity (Wildman–Crippen MR) is 114 cm³/mol. The molecule has 134 valence electrons. The van der Waals surface area contributed by atoms with Gasteiger partial charge in [0.25, 0.3) is 0 Å². The molecule has 1 fully saturated rings. The van der Waals surface area contributed by atoms with Crippen molar-refractivity contribution in [3.63, 3.8) is 0 Å². The van der Waals surface area contributed by atoms with Gasteiger partial charge in [-0.3, -0.25) is 9.89 Å². The molecule has 0 amide bonds. The molecule has 2 aromatic carbocycles. The van der Waals surface area contributed by atoms with Crippen LogP contribution in [0.15, 0.2) is 64.5 Å². The molecule has 2 aliphatic rings. The average Bonchev–Trinajstić information content (AvgIpc) is 3.20. The highest BCUT2D eigenvalue weighted by Crippen LogP contribution is 2.36. The van der Waals surface area contributed by atoms with E-state index in [1.807, 2.05) is 0 Å². The molecule has 2 nitrogen and oxygen atoms in total. The number of fused-ring (bicyclic) bond motifs is 1. The second-order valence-corrected chi connectivity index (χ2v) is 8.10. The molecule has 1 saturated heterocycles. The SMILES string of the molecule is CC(CC1CCN(Cc2ccccc2)C1)=NC1=C(S)Cc2ccccc21. The number of aliphatic imine (C=N–C) groups is 1. The van der Waals surface area contributed by atoms with Crippen LogP contribution < -0.4 is 0 Å². The fraction of sp³-hybridized carbons (Fsp3) is 0.348. The lowest BCUT2D eigenvalue weighted by Crippen LogP contribution is -2.20. The van der Waals surface area contributed by atoms with Gasteiger partial charge in [0.15, 0.2) is 0 Å². The number of likely N-dealkylation sites (tertiary alicyclic amines) is 1. The van der Waals surface area contributed by atoms with Crippen molar-refractivity contribution in [1.29, 1.82) is 0 Å². The highest BCUT2D eigenvalue weighted by molar-refractivity contribution is 7.84. The van der Waals surface area contributed by atoms with Crippen LogP contribution in [-0.4, -0.2) is 23.7 Å². The molecular formula is C23H26N2S. The van der Waals surface area contributed by atoms with Crippen molar-refractivity contribution in [3.05, 3.63) is 76.2 Å². The summed E-state index contributed by atoms with van der Waals surface area (Å²) in [5, 5.41) is 0. The van der Waals surface area contributed by atoms with Crippen molar-refractivity contribution in [2.45, 2.75) is 32.7 Å². The van der Waals surface area contributed by atoms with Gasteiger partial charge in [-0.05, 0) is 43.4 Å². The van der Waals surface area contributed by atoms with Gasteiger partial charge in [-0.2, -0.15) is 0 Å². The zero-order chi connectivity index (χ0) is 17.9. The van der Waals surface area contributed by atoms with Gasteiger partial charge in [0.1, 0.15) is 0 Å². The van der Waals surface area contributed by atoms with Crippen molar-refractivity contribution in [1.82, 2.24) is 4.90 Å². The molecule has 1 unspecified atom stereocenters. The number of hydrogen-bond donors (Lipinski definition) is 1. The van der Waals surface area contributed by atoms with Crippen molar-refractivity contribution >= 4 is 24.0 Å². The van der Waals surface area contributed by atoms with Gasteiger partial charge in [0, 0.05) is 35.7 Å². The summed E-state index contributed by atoms with van der Waals surface area (Å²) in [5.74, 6) is 0.711. The van der Waals surface area contributed by atoms with E-state index in [0.29, 0.717) is 5.92 Å². The predicted octanol–water partition coefficient (Wildman–Crippen LogP) is 5.21. The number of allylic oxidation sites excluding steroid dienone is 1. The van der Waals surface area contributed by atoms with E-state index in [4.69, 9.17) is 4.99 Å². The minimum Gasteiger partial charge on any atom is -0.299 e. The number of hydrogen-bond acceptors (Lipinski definition) is 3. The molecule has 0 spiro atoms. The summed E-state index contributed by atoms with van der Waals surface area (Å²) in [4.78, 5) is 8.64. The van der Waals surface area contributed by atoms with Crippen LogP contribution in [-0.2, 0) is 13.0 Å². The number of thiol groups is 1. The summed E-state index contributed by atoms with van der Waals surface area (Å²) in [6, 6.07) is 19.3. The van der Waals surface area contributed by atoms with Gasteiger partial charge >= 0.3 is 0 Å². The number of rotatable bonds is 5. The van der Waals surface area contributed by atoms with Crippen LogP contribution in [0.5, 0.6) is 0 Å². The minimum absolute atomic E-state index is 0.711. The van der Waals surface area contributed by atoms with Crippen LogP contribution in [0.25, 0.3) is 5.70 Å². The Bertz CT molecular complexity index is 838. The second kappa shape index (κ2) is 7.81. The summed E-state index contributed by atoms with van der Waals surface area (Å²) in [7, 11) is 0. The molecule has 0 N–H and O–H groups in total. The first-order chi connectivity index (χ1) is 12.7. The van der Waals surface area contributed by atoms with Crippen LogP contribution in [0, 0.1) is 5.92 Å². The van der Waals surface area contributed by atoms with Crippen LogP contribution >= 0.6 is 12.6 Å². The van der Waals surface area contributed by atoms with Crippen LogP contribution in [0.2, 0.25) is 0 Å². The standard InChI is InChI=1S/C23H26N2S/c1-17(24-23-21-10-6-5-9-20(21)14-22(23)26)13-19-11-12-25(16-19)15-18-7-3-2-4-8-18/h2-10,19,26H,11-16H2,1H3. The quantitative estimate of drug-likeness (QED) is 0.570. The molecule has 0 bridgehead atoms. The van der Waals surface area contributed by atoms with Gasteiger partial charge in [-0.25, -0.2) is 0 Å². The average molecular weight is 363 g/mol. The van der Waals surface area contributed by atoms with Gasteiger partial charge in [0.05, 0.1) is 5.70 Å². The summed E-state index contributed by atoms with van der Waals surface area (Å²) in [5.41, 5.74) is 6.33. The Labute approximate surface area is 162 Å². The van der Waals surface area contributed by atoms with Crippen molar-refractivity contribution in [3.8, 4) is 0 Å². The summed E-state index contributed by atoms with van der Waals surface area (Å²) in [6.07, 6.45) is 3.26. The Morgan fingerprint density at radius 1 is 1.12 bits per heavy atom. The maximum atomic E-state index is 4.97. The molecule has 26 heavy (non-hydrogen) atoms. The van der Waals surface area contributed by atoms with Crippen molar-refractivity contribution in [2.24, 2.45) is 10.9 Å². The molecule has 1 heterocycles. The first-order valence-electron chi connectivity index (χ1n) is 9.50. The van der Waals surface area contributed by atoms with Crippen molar-refractivity contribution < 1.29 is 0 Å². The highest BCUT2D eigenvalue weighted by Gasteiger charge is 2.24. The second-order valence-electron chi connectivity index (χ2n) is 7.56. The fourth-order valence-corrected chi connectivity index (χ4v) is 4.51. The maximum absolute atomic E-state index is 4.97. The lowest BCUT2D eigenvalue weighted by Gasteiger charge is -2.16. The van der Waals surface area contributed by atoms with E-state index in [2.05, 4.69) is 79.0 Å². The highest BCUT2D eigenvalue weighted by atomic mass is 32.1. The minimum atomic E-state index is 0.711. The first-order valence-corrected chi connectivity index (χ1v) is 9.94. The van der Waals surface area contributed by atoms with E-state index >= 15 is 0 Å². The molecule has 4 rings (SSSR count). The Morgan fingerprint density at radius 3 is 2.73 bits per heavy atom. The van der Waals surface area contributed by atoms with E-state index in [-0.39, 0.29) is 0 Å². The van der Waals surface area contributed by atoms with E-state index in [9.17, 15) is 0 Å². The van der Waals surface area contributed by atoms with Gasteiger partial charge < -0.3 is 0 Å². The van der Waals surface area contributed by atoms with Gasteiger partial charge in [0.2, 0.25) is 0 Å². The lowest BCUT2D eigenvalue weighted by atomic mass is 10.0. The van der Waals surface area contributed by atoms with Gasteiger partial charge in [-0.1, -0.05) is 54.6 Å². The third-order valence-electron chi connectivity index (χ3n) is 5.41. The van der Waals surface area contributed by atoms with Crippen LogP contribution in [0.3, 0.4) is 0 Å². The molecule has 2 aromatic rings. The Kier molecular flexibility index (Phi) is 5.28. The van der Waals surface area contributed by atoms with E-state index in [1.165, 1.54) is 41.9 Å². The summed E-state index contributed by atoms with van der Waals surface area (Å²) < 4.78 is 0. The number of nitrogens with zero attached hydrogens (tertiary/aromatic N) is 2. The first kappa shape index (κ1) is 17.6. The van der Waals surface area contributed by atoms with E-state index in [0.717, 1.165) is 30.0 Å². The third-order valence-corrected chi connectivity index (χ3v) is 5.78. The normalized spacial score (nSPS) is 20.7. The molecule has 0 saturated carbocycles. The Hall–Kier alpha value is -1.84. The molecule has 1 aliphatic carbocycles. The zero-order valence-corrected chi connectivity index (χ0v) is 16.3. The van der Waals surface area contributed by atoms with E-state index < -0.39 is 0 Å². The fourth-order valence-electron chi connectivity index (χ4n) is 4.17. The Balaban J connectivity index is 1.38. The molecule has 1 atom stereocenters. The molecule has 1 aliphatic heterocycles. The molecule has 0 radical (unpaired) electrons. The maximum Gasteiger partial charge on any atom is 0.0799 e. The molecule has 0 aromatic heterocycles. The van der Waals surface area contributed by atoms with Crippen molar-refractivity contribution in [2.75, 3.05) is 13.1 Å². The largest absolute Gasteiger partial charge is 0.299 e. The van der Waals surface area contributed by atoms with Gasteiger partial charge in [-0.15, -0.1) is 12.6 Å². The lowest BCUT2D eigenvalue weighted by molar-refractivity contribution is 0.318. The molecule has 3 heteroatoms. The van der Waals surface area contributed by atoms with Crippen LogP contribution in [0.1, 0.15) is 36.5 Å². The zero-order valence-electron chi connectivity index (χ0n) is 15.4. The summed E-state index contributed by atoms with van der Waals surface area (Å²) in [6.45, 7) is 5.60. The topological polar surface area (TPSA) is 15.6 Å². The van der Waals surface area contributed by atoms with E-state index in [1.54, 1.807) is 0 Å². The van der Waals surface area contributed by atoms with Crippen LogP contribution in [0.4, 0.5) is 0 Å².